The fourth-order valence-electron chi connectivity index (χ4n) is 15.5. The number of nitrogens with zero attached hydrogens (tertiary/aromatic N) is 4. The van der Waals surface area contributed by atoms with Crippen LogP contribution in [0.1, 0.15) is 140 Å². The number of carbonyl (C=O) groups excluding carboxylic acids is 4. The third kappa shape index (κ3) is 16.8. The van der Waals surface area contributed by atoms with Gasteiger partial charge in [-0.3, -0.25) is 19.2 Å². The maximum absolute atomic E-state index is 14.1. The van der Waals surface area contributed by atoms with Crippen LogP contribution in [0.4, 0.5) is 43.9 Å². The topological polar surface area (TPSA) is 252 Å². The summed E-state index contributed by atoms with van der Waals surface area (Å²) in [7, 11) is -6.19. The second-order valence-corrected chi connectivity index (χ2v) is 32.5. The number of likely N-dealkylation sites (N-methyl/N-ethyl adjacent to an activating group) is 1. The monoisotopic (exact) mass is 1410 g/mol. The number of carbonyl (C=O) groups is 4. The van der Waals surface area contributed by atoms with Gasteiger partial charge in [-0.2, -0.15) is 9.03 Å². The van der Waals surface area contributed by atoms with Crippen molar-refractivity contribution in [3.05, 3.63) is 136 Å². The van der Waals surface area contributed by atoms with Crippen LogP contribution in [0, 0.1) is 81.8 Å². The molecule has 29 heteroatoms. The first-order valence-corrected chi connectivity index (χ1v) is 36.3. The van der Waals surface area contributed by atoms with E-state index < -0.39 is 113 Å². The van der Waals surface area contributed by atoms with Gasteiger partial charge in [-0.25, -0.2) is 60.7 Å². The van der Waals surface area contributed by atoms with E-state index in [2.05, 4.69) is 10.0 Å². The zero-order valence-corrected chi connectivity index (χ0v) is 56.1. The normalized spacial score (nSPS) is 25.8. The summed E-state index contributed by atoms with van der Waals surface area (Å²) < 4.78 is 189. The predicted molar refractivity (Wildman–Crippen MR) is 339 cm³/mol. The second kappa shape index (κ2) is 29.5. The van der Waals surface area contributed by atoms with Gasteiger partial charge >= 0.3 is 0 Å². The molecule has 0 radical (unpaired) electrons. The Labute approximate surface area is 559 Å². The van der Waals surface area contributed by atoms with Crippen molar-refractivity contribution in [1.29, 1.82) is 0 Å². The van der Waals surface area contributed by atoms with Gasteiger partial charge in [0.05, 0.1) is 16.7 Å². The summed E-state index contributed by atoms with van der Waals surface area (Å²) in [6, 6.07) is 6.31. The van der Waals surface area contributed by atoms with Crippen molar-refractivity contribution >= 4 is 43.7 Å². The quantitative estimate of drug-likeness (QED) is 0.0415. The zero-order chi connectivity index (χ0) is 70.5. The van der Waals surface area contributed by atoms with E-state index in [0.29, 0.717) is 69.6 Å². The number of amides is 4. The Morgan fingerprint density at radius 3 is 1.23 bits per heavy atom. The number of halogens is 10. The molecule has 6 aliphatic heterocycles. The molecule has 4 aromatic carbocycles. The average Bonchev–Trinajstić information content (AvgIpc) is 1.81. The van der Waals surface area contributed by atoms with Gasteiger partial charge in [0.1, 0.15) is 34.8 Å². The van der Waals surface area contributed by atoms with Crippen molar-refractivity contribution in [2.75, 3.05) is 13.6 Å². The molecule has 17 nitrogen and oxygen atoms in total. The molecule has 8 aliphatic rings. The van der Waals surface area contributed by atoms with Crippen molar-refractivity contribution in [3.8, 4) is 0 Å². The minimum atomic E-state index is -3.97. The minimum Gasteiger partial charge on any atom is -0.344 e. The minimum absolute atomic E-state index is 0.00432. The Morgan fingerprint density at radius 2 is 0.866 bits per heavy atom. The van der Waals surface area contributed by atoms with E-state index in [-0.39, 0.29) is 131 Å². The van der Waals surface area contributed by atoms with Crippen LogP contribution < -0.4 is 27.2 Å². The molecule has 13 atom stereocenters. The van der Waals surface area contributed by atoms with Crippen LogP contribution in [0.15, 0.2) is 65.6 Å². The van der Waals surface area contributed by atoms with E-state index in [1.807, 2.05) is 4.90 Å². The average molecular weight is 1410 g/mol. The molecule has 4 amide bonds. The van der Waals surface area contributed by atoms with Crippen LogP contribution in [0.3, 0.4) is 0 Å². The summed E-state index contributed by atoms with van der Waals surface area (Å²) in [6.07, 6.45) is 11.8. The molecule has 97 heavy (non-hydrogen) atoms. The van der Waals surface area contributed by atoms with E-state index in [1.54, 1.807) is 30.6 Å². The molecular formula is C68H85F10N9O8S2. The van der Waals surface area contributed by atoms with Crippen molar-refractivity contribution in [3.63, 3.8) is 0 Å². The fraction of sp³-hybridized carbons (Fsp3) is 0.588. The van der Waals surface area contributed by atoms with Crippen LogP contribution in [0.25, 0.3) is 0 Å². The Hall–Kier alpha value is -6.24. The standard InChI is InChI=1S/C24H27F4N3O3S.C22H30F3N3O3S.C22H28F3N3O2/c1-30(35(33,34)19-6-2-16(25)3-7-19)13-24(32)31-17-4-5-18(31)9-15(8-17)23(29)11-14-10-21(27)22(28)12-20(14)26;1-22(2,27-32(30,31)16-5-6-16)21(29)28-14-3-4-15(28)8-13(7-14)20(26)10-12-9-18(24)19(25)11-17(12)23;1-11(27-21(29)12-2-3-12)22(30)28-15-4-5-16(28)7-14(6-15)20(26)9-13-8-18(24)19(25)10-17(13)23/h2-3,6-7,10,12,15,17-18,23H,4-5,8-9,11,13,29H2,1H3;9,11,13-16,20,27H,3-8,10,26H2,1-2H3;8,10-12,14-16,20H,2-7,9,26H2,1H3,(H,27,29)/t15?,17-,18+,23-;13?,14-,15+,20-;11-,14?,15-,16+,20+/m110/s1. The molecule has 8 N–H and O–H groups in total. The van der Waals surface area contributed by atoms with Gasteiger partial charge in [0.2, 0.25) is 43.7 Å². The Kier molecular flexibility index (Phi) is 22.4. The number of hydrogen-bond donors (Lipinski definition) is 5. The highest BCUT2D eigenvalue weighted by molar-refractivity contribution is 7.90. The van der Waals surface area contributed by atoms with E-state index in [4.69, 9.17) is 17.2 Å². The zero-order valence-electron chi connectivity index (χ0n) is 54.5. The summed E-state index contributed by atoms with van der Waals surface area (Å²) in [5.74, 6) is -10.7. The van der Waals surface area contributed by atoms with Gasteiger partial charge in [-0.15, -0.1) is 0 Å². The van der Waals surface area contributed by atoms with Gasteiger partial charge < -0.3 is 37.2 Å². The lowest BCUT2D eigenvalue weighted by Crippen LogP contribution is -2.61. The molecule has 6 bridgehead atoms. The summed E-state index contributed by atoms with van der Waals surface area (Å²) in [5.41, 5.74) is 17.9. The molecule has 0 spiro atoms. The first-order chi connectivity index (χ1) is 45.6. The maximum atomic E-state index is 14.1. The predicted octanol–water partition coefficient (Wildman–Crippen LogP) is 8.46. The van der Waals surface area contributed by atoms with Gasteiger partial charge in [0.25, 0.3) is 0 Å². The van der Waals surface area contributed by atoms with E-state index >= 15 is 0 Å². The third-order valence-corrected chi connectivity index (χ3v) is 25.0. The van der Waals surface area contributed by atoms with E-state index in [0.717, 1.165) is 98.1 Å². The lowest BCUT2D eigenvalue weighted by Gasteiger charge is -2.44. The third-order valence-electron chi connectivity index (χ3n) is 21.0. The highest BCUT2D eigenvalue weighted by Gasteiger charge is 2.51. The number of nitrogens with two attached hydrogens (primary N) is 3. The molecule has 12 rings (SSSR count). The first-order valence-electron chi connectivity index (χ1n) is 33.3. The van der Waals surface area contributed by atoms with Crippen molar-refractivity contribution in [2.24, 2.45) is 40.9 Å². The van der Waals surface area contributed by atoms with Crippen molar-refractivity contribution in [2.45, 2.75) is 219 Å². The van der Waals surface area contributed by atoms with Gasteiger partial charge in [0.15, 0.2) is 34.9 Å². The lowest BCUT2D eigenvalue weighted by molar-refractivity contribution is -0.142. The molecule has 2 saturated carbocycles. The second-order valence-electron chi connectivity index (χ2n) is 28.5. The number of benzene rings is 4. The highest BCUT2D eigenvalue weighted by atomic mass is 32.2. The van der Waals surface area contributed by atoms with E-state index in [9.17, 15) is 79.9 Å². The number of fused-ring (bicyclic) bond motifs is 6. The number of rotatable bonds is 20. The fourth-order valence-corrected chi connectivity index (χ4v) is 18.4. The number of sulfonamides is 2. The number of nitrogens with one attached hydrogen (secondary N) is 2. The molecule has 0 aromatic heterocycles. The Bertz CT molecular complexity index is 3790. The number of piperidine rings is 3. The van der Waals surface area contributed by atoms with Gasteiger partial charge in [0, 0.05) is 85.5 Å². The lowest BCUT2D eigenvalue weighted by atomic mass is 9.82. The highest BCUT2D eigenvalue weighted by Crippen LogP contribution is 2.44. The summed E-state index contributed by atoms with van der Waals surface area (Å²) in [6.45, 7) is 4.56. The molecule has 532 valence electrons. The molecular weight excluding hydrogens is 1320 g/mol. The smallest absolute Gasteiger partial charge is 0.245 e. The van der Waals surface area contributed by atoms with Crippen LogP contribution in [0.2, 0.25) is 0 Å². The molecule has 3 unspecified atom stereocenters. The Balaban J connectivity index is 0.000000158. The molecule has 8 fully saturated rings. The van der Waals surface area contributed by atoms with Gasteiger partial charge in [-0.05, 0) is 220 Å². The van der Waals surface area contributed by atoms with Crippen molar-refractivity contribution < 1.29 is 79.9 Å². The van der Waals surface area contributed by atoms with Crippen molar-refractivity contribution in [1.82, 2.24) is 29.0 Å². The molecule has 6 heterocycles. The number of hydrogen-bond acceptors (Lipinski definition) is 11. The summed E-state index contributed by atoms with van der Waals surface area (Å²) >= 11 is 0. The van der Waals surface area contributed by atoms with Crippen LogP contribution in [0.5, 0.6) is 0 Å². The van der Waals surface area contributed by atoms with E-state index in [1.165, 1.54) is 7.05 Å². The molecule has 6 saturated heterocycles. The maximum Gasteiger partial charge on any atom is 0.245 e. The summed E-state index contributed by atoms with van der Waals surface area (Å²) in [5, 5.41) is 2.42. The van der Waals surface area contributed by atoms with Crippen LogP contribution in [-0.4, -0.2) is 144 Å². The first kappa shape index (κ1) is 73.5. The van der Waals surface area contributed by atoms with Gasteiger partial charge in [-0.1, -0.05) is 0 Å². The van der Waals surface area contributed by atoms with Crippen LogP contribution >= 0.6 is 0 Å². The van der Waals surface area contributed by atoms with Crippen LogP contribution in [-0.2, 0) is 58.5 Å². The Morgan fingerprint density at radius 1 is 0.515 bits per heavy atom. The SMILES string of the molecule is CC(C)(NS(=O)(=O)C1CC1)C(=O)N1[C@@H]2CC[C@H]1CC([C@H](N)Cc1cc(F)c(F)cc1F)C2.CN(CC(=O)N1[C@@H]2CC[C@H]1CC([C@H](N)Cc1cc(F)c(F)cc1F)C2)S(=O)(=O)c1ccc(F)cc1.C[C@H](NC(=O)C1CC1)C(=O)N1[C@@H]2CC[C@H]1CC([C@H](N)Cc1cc(F)c(F)cc1F)C2. The molecule has 2 aliphatic carbocycles. The summed E-state index contributed by atoms with van der Waals surface area (Å²) in [4.78, 5) is 56.7. The largest absolute Gasteiger partial charge is 0.344 e. The molecule has 4 aromatic rings.